The predicted octanol–water partition coefficient (Wildman–Crippen LogP) is 1.78. The van der Waals surface area contributed by atoms with Crippen molar-refractivity contribution in [3.8, 4) is 0 Å². The van der Waals surface area contributed by atoms with Crippen LogP contribution in [0.15, 0.2) is 28.7 Å². The number of hydrogen-bond donors (Lipinski definition) is 2. The van der Waals surface area contributed by atoms with E-state index in [0.717, 1.165) is 10.2 Å². The van der Waals surface area contributed by atoms with Crippen molar-refractivity contribution in [3.05, 3.63) is 28.7 Å². The van der Waals surface area contributed by atoms with E-state index in [-0.39, 0.29) is 0 Å². The smallest absolute Gasteiger partial charge is 0.0628 e. The van der Waals surface area contributed by atoms with Crippen LogP contribution in [-0.2, 0) is 0 Å². The SMILES string of the molecule is NCNc1ccccc1Br. The van der Waals surface area contributed by atoms with Crippen LogP contribution in [0.3, 0.4) is 0 Å². The van der Waals surface area contributed by atoms with Crippen molar-refractivity contribution in [2.45, 2.75) is 0 Å². The molecule has 0 atom stereocenters. The lowest BCUT2D eigenvalue weighted by molar-refractivity contribution is 1.14. The number of benzene rings is 1. The summed E-state index contributed by atoms with van der Waals surface area (Å²) in [6.07, 6.45) is 0. The summed E-state index contributed by atoms with van der Waals surface area (Å²) in [7, 11) is 0. The molecule has 0 fully saturated rings. The van der Waals surface area contributed by atoms with E-state index < -0.39 is 0 Å². The number of halogens is 1. The normalized spacial score (nSPS) is 9.40. The second-order valence-electron chi connectivity index (χ2n) is 1.86. The molecule has 0 aliphatic rings. The van der Waals surface area contributed by atoms with Crippen LogP contribution in [-0.4, -0.2) is 6.67 Å². The molecule has 3 N–H and O–H groups in total. The molecule has 0 spiro atoms. The van der Waals surface area contributed by atoms with Crippen LogP contribution in [0.2, 0.25) is 0 Å². The highest BCUT2D eigenvalue weighted by molar-refractivity contribution is 9.10. The molecular weight excluding hydrogens is 192 g/mol. The average Bonchev–Trinajstić information content (AvgIpc) is 1.94. The van der Waals surface area contributed by atoms with Crippen molar-refractivity contribution < 1.29 is 0 Å². The lowest BCUT2D eigenvalue weighted by atomic mass is 10.3. The first kappa shape index (κ1) is 7.57. The number of para-hydroxylation sites is 1. The Morgan fingerprint density at radius 2 is 2.10 bits per heavy atom. The summed E-state index contributed by atoms with van der Waals surface area (Å²) >= 11 is 3.38. The van der Waals surface area contributed by atoms with Gasteiger partial charge in [0, 0.05) is 10.2 Å². The van der Waals surface area contributed by atoms with Crippen molar-refractivity contribution in [1.82, 2.24) is 0 Å². The van der Waals surface area contributed by atoms with Gasteiger partial charge in [0.25, 0.3) is 0 Å². The first-order chi connectivity index (χ1) is 4.84. The third kappa shape index (κ3) is 1.72. The second-order valence-corrected chi connectivity index (χ2v) is 2.72. The van der Waals surface area contributed by atoms with E-state index in [2.05, 4.69) is 21.2 Å². The zero-order valence-corrected chi connectivity index (χ0v) is 7.06. The third-order valence-electron chi connectivity index (χ3n) is 1.17. The molecule has 0 saturated heterocycles. The predicted molar refractivity (Wildman–Crippen MR) is 46.8 cm³/mol. The van der Waals surface area contributed by atoms with E-state index in [1.807, 2.05) is 24.3 Å². The van der Waals surface area contributed by atoms with Crippen molar-refractivity contribution >= 4 is 21.6 Å². The molecule has 0 radical (unpaired) electrons. The first-order valence-corrected chi connectivity index (χ1v) is 3.82. The largest absolute Gasteiger partial charge is 0.372 e. The van der Waals surface area contributed by atoms with E-state index in [1.165, 1.54) is 0 Å². The number of anilines is 1. The molecule has 0 aliphatic heterocycles. The number of nitrogens with two attached hydrogens (primary N) is 1. The highest BCUT2D eigenvalue weighted by Gasteiger charge is 1.92. The molecule has 1 aromatic carbocycles. The van der Waals surface area contributed by atoms with Gasteiger partial charge in [-0.05, 0) is 28.1 Å². The molecule has 2 nitrogen and oxygen atoms in total. The molecule has 0 saturated carbocycles. The van der Waals surface area contributed by atoms with Gasteiger partial charge in [0.05, 0.1) is 6.67 Å². The summed E-state index contributed by atoms with van der Waals surface area (Å²) in [4.78, 5) is 0. The number of hydrogen-bond acceptors (Lipinski definition) is 2. The molecule has 3 heteroatoms. The Kier molecular flexibility index (Phi) is 2.71. The van der Waals surface area contributed by atoms with Gasteiger partial charge in [0.2, 0.25) is 0 Å². The standard InChI is InChI=1S/C7H9BrN2/c8-6-3-1-2-4-7(6)10-5-9/h1-4,10H,5,9H2. The van der Waals surface area contributed by atoms with E-state index in [9.17, 15) is 0 Å². The fourth-order valence-electron chi connectivity index (χ4n) is 0.715. The van der Waals surface area contributed by atoms with Crippen LogP contribution in [0, 0.1) is 0 Å². The highest BCUT2D eigenvalue weighted by Crippen LogP contribution is 2.20. The average molecular weight is 201 g/mol. The highest BCUT2D eigenvalue weighted by atomic mass is 79.9. The van der Waals surface area contributed by atoms with Crippen molar-refractivity contribution in [3.63, 3.8) is 0 Å². The minimum absolute atomic E-state index is 0.461. The molecule has 10 heavy (non-hydrogen) atoms. The number of rotatable bonds is 2. The monoisotopic (exact) mass is 200 g/mol. The quantitative estimate of drug-likeness (QED) is 0.715. The van der Waals surface area contributed by atoms with Crippen LogP contribution in [0.4, 0.5) is 5.69 Å². The summed E-state index contributed by atoms with van der Waals surface area (Å²) in [6.45, 7) is 0.461. The molecule has 54 valence electrons. The molecule has 0 heterocycles. The third-order valence-corrected chi connectivity index (χ3v) is 1.86. The maximum atomic E-state index is 5.30. The summed E-state index contributed by atoms with van der Waals surface area (Å²) in [5.74, 6) is 0. The Labute approximate surface area is 68.6 Å². The Bertz CT molecular complexity index is 213. The lowest BCUT2D eigenvalue weighted by Crippen LogP contribution is -2.10. The van der Waals surface area contributed by atoms with Crippen LogP contribution in [0.25, 0.3) is 0 Å². The maximum absolute atomic E-state index is 5.30. The Morgan fingerprint density at radius 3 is 2.70 bits per heavy atom. The summed E-state index contributed by atoms with van der Waals surface area (Å²) < 4.78 is 1.04. The van der Waals surface area contributed by atoms with Gasteiger partial charge in [-0.3, -0.25) is 0 Å². The fourth-order valence-corrected chi connectivity index (χ4v) is 1.14. The lowest BCUT2D eigenvalue weighted by Gasteiger charge is -2.03. The molecule has 0 unspecified atom stereocenters. The van der Waals surface area contributed by atoms with Gasteiger partial charge in [-0.1, -0.05) is 12.1 Å². The zero-order chi connectivity index (χ0) is 7.40. The van der Waals surface area contributed by atoms with Gasteiger partial charge in [-0.2, -0.15) is 0 Å². The van der Waals surface area contributed by atoms with E-state index >= 15 is 0 Å². The minimum Gasteiger partial charge on any atom is -0.372 e. The Hall–Kier alpha value is -0.540. The molecule has 1 aromatic rings. The van der Waals surface area contributed by atoms with Gasteiger partial charge >= 0.3 is 0 Å². The molecule has 0 amide bonds. The minimum atomic E-state index is 0.461. The van der Waals surface area contributed by atoms with E-state index in [0.29, 0.717) is 6.67 Å². The van der Waals surface area contributed by atoms with Crippen LogP contribution in [0.1, 0.15) is 0 Å². The van der Waals surface area contributed by atoms with Gasteiger partial charge < -0.3 is 11.1 Å². The van der Waals surface area contributed by atoms with Crippen molar-refractivity contribution in [2.75, 3.05) is 12.0 Å². The molecular formula is C7H9BrN2. The Morgan fingerprint density at radius 1 is 1.40 bits per heavy atom. The molecule has 0 bridgehead atoms. The summed E-state index contributed by atoms with van der Waals surface area (Å²) in [6, 6.07) is 7.86. The van der Waals surface area contributed by atoms with Crippen LogP contribution < -0.4 is 11.1 Å². The van der Waals surface area contributed by atoms with Crippen molar-refractivity contribution in [2.24, 2.45) is 5.73 Å². The second kappa shape index (κ2) is 3.58. The Balaban J connectivity index is 2.81. The fraction of sp³-hybridized carbons (Fsp3) is 0.143. The van der Waals surface area contributed by atoms with E-state index in [1.54, 1.807) is 0 Å². The summed E-state index contributed by atoms with van der Waals surface area (Å²) in [5, 5.41) is 3.01. The molecule has 1 rings (SSSR count). The number of nitrogens with one attached hydrogen (secondary N) is 1. The van der Waals surface area contributed by atoms with Crippen LogP contribution >= 0.6 is 15.9 Å². The van der Waals surface area contributed by atoms with Gasteiger partial charge in [0.15, 0.2) is 0 Å². The van der Waals surface area contributed by atoms with Gasteiger partial charge in [0.1, 0.15) is 0 Å². The van der Waals surface area contributed by atoms with Gasteiger partial charge in [-0.25, -0.2) is 0 Å². The zero-order valence-electron chi connectivity index (χ0n) is 5.47. The van der Waals surface area contributed by atoms with Crippen LogP contribution in [0.5, 0.6) is 0 Å². The summed E-state index contributed by atoms with van der Waals surface area (Å²) in [5.41, 5.74) is 6.33. The topological polar surface area (TPSA) is 38.0 Å². The first-order valence-electron chi connectivity index (χ1n) is 3.03. The van der Waals surface area contributed by atoms with Gasteiger partial charge in [-0.15, -0.1) is 0 Å². The van der Waals surface area contributed by atoms with E-state index in [4.69, 9.17) is 5.73 Å². The molecule has 0 aliphatic carbocycles. The maximum Gasteiger partial charge on any atom is 0.0628 e. The molecule has 0 aromatic heterocycles. The van der Waals surface area contributed by atoms with Crippen molar-refractivity contribution in [1.29, 1.82) is 0 Å².